The summed E-state index contributed by atoms with van der Waals surface area (Å²) in [5, 5.41) is 6.25. The number of hydrogen-bond donors (Lipinski definition) is 3. The van der Waals surface area contributed by atoms with Crippen LogP contribution in [0.5, 0.6) is 0 Å². The van der Waals surface area contributed by atoms with E-state index in [2.05, 4.69) is 40.5 Å². The largest absolute Gasteiger partial charge is 0.397 e. The monoisotopic (exact) mass is 569 g/mol. The van der Waals surface area contributed by atoms with E-state index >= 15 is 4.39 Å². The summed E-state index contributed by atoms with van der Waals surface area (Å²) in [6.07, 6.45) is -0.917. The molecule has 4 aromatic rings. The van der Waals surface area contributed by atoms with Gasteiger partial charge in [-0.3, -0.25) is 9.69 Å². The zero-order valence-corrected chi connectivity index (χ0v) is 21.9. The maximum Gasteiger partial charge on any atom is 0.397 e. The molecule has 4 heterocycles. The minimum Gasteiger partial charge on any atom is -0.365 e. The summed E-state index contributed by atoms with van der Waals surface area (Å²) in [6.45, 7) is 2.02. The SMILES string of the molecule is O=C(CC(F)(F)F)N1CCN(Cc2ccnc(Nc3nc4ccc(-c5ncnc(NC6CC6)c5F)cc4[nH]3)c2)CC1. The van der Waals surface area contributed by atoms with Gasteiger partial charge in [-0.05, 0) is 42.7 Å². The molecule has 3 N–H and O–H groups in total. The lowest BCUT2D eigenvalue weighted by Gasteiger charge is -2.35. The molecule has 214 valence electrons. The van der Waals surface area contributed by atoms with Crippen molar-refractivity contribution in [3.8, 4) is 11.3 Å². The zero-order valence-electron chi connectivity index (χ0n) is 21.9. The number of anilines is 3. The number of aromatic amines is 1. The highest BCUT2D eigenvalue weighted by Gasteiger charge is 2.34. The van der Waals surface area contributed by atoms with Crippen molar-refractivity contribution in [3.05, 3.63) is 54.2 Å². The van der Waals surface area contributed by atoms with Crippen LogP contribution in [0.25, 0.3) is 22.3 Å². The molecule has 1 aliphatic carbocycles. The molecule has 0 bridgehead atoms. The number of H-pyrrole nitrogens is 1. The van der Waals surface area contributed by atoms with Crippen molar-refractivity contribution in [1.82, 2.24) is 34.7 Å². The third kappa shape index (κ3) is 6.53. The van der Waals surface area contributed by atoms with Crippen LogP contribution in [0.4, 0.5) is 35.1 Å². The van der Waals surface area contributed by atoms with E-state index in [9.17, 15) is 18.0 Å². The molecule has 0 atom stereocenters. The molecule has 2 aliphatic rings. The summed E-state index contributed by atoms with van der Waals surface area (Å²) in [5.74, 6) is -0.168. The lowest BCUT2D eigenvalue weighted by atomic mass is 10.1. The van der Waals surface area contributed by atoms with E-state index < -0.39 is 24.3 Å². The third-order valence-electron chi connectivity index (χ3n) is 7.02. The Morgan fingerprint density at radius 1 is 1.05 bits per heavy atom. The number of rotatable bonds is 8. The first-order chi connectivity index (χ1) is 19.7. The maximum atomic E-state index is 15.1. The van der Waals surface area contributed by atoms with Gasteiger partial charge < -0.3 is 20.5 Å². The van der Waals surface area contributed by atoms with Gasteiger partial charge in [0.05, 0.1) is 11.0 Å². The van der Waals surface area contributed by atoms with E-state index in [0.29, 0.717) is 48.0 Å². The topological polar surface area (TPSA) is 115 Å². The minimum atomic E-state index is -4.50. The number of pyridine rings is 1. The Morgan fingerprint density at radius 2 is 1.85 bits per heavy atom. The van der Waals surface area contributed by atoms with Crippen LogP contribution < -0.4 is 10.6 Å². The van der Waals surface area contributed by atoms with Crippen molar-refractivity contribution in [2.24, 2.45) is 0 Å². The van der Waals surface area contributed by atoms with E-state index in [1.165, 1.54) is 11.2 Å². The zero-order chi connectivity index (χ0) is 28.6. The first-order valence-electron chi connectivity index (χ1n) is 13.3. The second-order valence-corrected chi connectivity index (χ2v) is 10.2. The van der Waals surface area contributed by atoms with Gasteiger partial charge in [0.15, 0.2) is 11.6 Å². The molecule has 0 unspecified atom stereocenters. The van der Waals surface area contributed by atoms with Crippen LogP contribution in [0, 0.1) is 5.82 Å². The molecule has 41 heavy (non-hydrogen) atoms. The number of amides is 1. The first-order valence-corrected chi connectivity index (χ1v) is 13.3. The van der Waals surface area contributed by atoms with Gasteiger partial charge in [-0.25, -0.2) is 24.3 Å². The molecular weight excluding hydrogens is 542 g/mol. The summed E-state index contributed by atoms with van der Waals surface area (Å²) in [5.41, 5.74) is 3.11. The number of imidazole rings is 1. The van der Waals surface area contributed by atoms with Crippen molar-refractivity contribution in [1.29, 1.82) is 0 Å². The number of benzene rings is 1. The van der Waals surface area contributed by atoms with Gasteiger partial charge in [0.2, 0.25) is 11.9 Å². The van der Waals surface area contributed by atoms with Crippen LogP contribution in [0.1, 0.15) is 24.8 Å². The predicted octanol–water partition coefficient (Wildman–Crippen LogP) is 4.47. The van der Waals surface area contributed by atoms with Gasteiger partial charge in [0.1, 0.15) is 24.3 Å². The van der Waals surface area contributed by atoms with Gasteiger partial charge >= 0.3 is 6.18 Å². The number of aromatic nitrogens is 5. The Kier molecular flexibility index (Phi) is 7.15. The molecule has 1 aliphatic heterocycles. The van der Waals surface area contributed by atoms with Gasteiger partial charge in [-0.15, -0.1) is 0 Å². The highest BCUT2D eigenvalue weighted by Crippen LogP contribution is 2.30. The van der Waals surface area contributed by atoms with Crippen LogP contribution in [0.3, 0.4) is 0 Å². The number of alkyl halides is 3. The Bertz CT molecular complexity index is 1560. The summed E-state index contributed by atoms with van der Waals surface area (Å²) in [4.78, 5) is 35.5. The molecule has 1 amide bonds. The Hall–Kier alpha value is -4.33. The predicted molar refractivity (Wildman–Crippen MR) is 144 cm³/mol. The summed E-state index contributed by atoms with van der Waals surface area (Å²) in [6, 6.07) is 9.31. The molecular formula is C27H27F4N9O. The molecule has 0 spiro atoms. The molecule has 14 heteroatoms. The normalized spacial score (nSPS) is 16.2. The van der Waals surface area contributed by atoms with Crippen LogP contribution >= 0.6 is 0 Å². The van der Waals surface area contributed by atoms with Crippen molar-refractivity contribution in [3.63, 3.8) is 0 Å². The third-order valence-corrected chi connectivity index (χ3v) is 7.02. The molecule has 10 nitrogen and oxygen atoms in total. The van der Waals surface area contributed by atoms with Crippen LogP contribution in [-0.2, 0) is 11.3 Å². The smallest absolute Gasteiger partial charge is 0.365 e. The molecule has 6 rings (SSSR count). The summed E-state index contributed by atoms with van der Waals surface area (Å²) >= 11 is 0. The number of carbonyl (C=O) groups is 1. The number of piperazine rings is 1. The summed E-state index contributed by atoms with van der Waals surface area (Å²) in [7, 11) is 0. The van der Waals surface area contributed by atoms with Gasteiger partial charge in [-0.1, -0.05) is 6.07 Å². The van der Waals surface area contributed by atoms with Crippen molar-refractivity contribution in [2.75, 3.05) is 36.8 Å². The molecule has 1 saturated carbocycles. The van der Waals surface area contributed by atoms with Crippen molar-refractivity contribution < 1.29 is 22.4 Å². The molecule has 1 aromatic carbocycles. The Balaban J connectivity index is 1.10. The fourth-order valence-corrected chi connectivity index (χ4v) is 4.77. The van der Waals surface area contributed by atoms with E-state index in [-0.39, 0.29) is 30.6 Å². The fourth-order valence-electron chi connectivity index (χ4n) is 4.77. The van der Waals surface area contributed by atoms with Crippen LogP contribution in [-0.4, -0.2) is 79.0 Å². The standard InChI is InChI=1S/C27H27F4N9O/c28-23-24(33-15-34-25(23)35-18-2-3-18)17-1-4-19-20(12-17)37-26(36-19)38-21-11-16(5-6-32-21)14-39-7-9-40(10-8-39)22(41)13-27(29,30)31/h1,4-6,11-12,15,18H,2-3,7-10,13-14H2,(H,33,34,35)(H2,32,36,37,38). The van der Waals surface area contributed by atoms with Crippen molar-refractivity contribution >= 4 is 34.5 Å². The van der Waals surface area contributed by atoms with E-state index in [1.54, 1.807) is 24.4 Å². The minimum absolute atomic E-state index is 0.201. The van der Waals surface area contributed by atoms with Gasteiger partial charge in [0.25, 0.3) is 0 Å². The molecule has 2 fully saturated rings. The number of hydrogen-bond acceptors (Lipinski definition) is 8. The number of nitrogens with one attached hydrogen (secondary N) is 3. The van der Waals surface area contributed by atoms with Crippen LogP contribution in [0.2, 0.25) is 0 Å². The lowest BCUT2D eigenvalue weighted by Crippen LogP contribution is -2.49. The highest BCUT2D eigenvalue weighted by atomic mass is 19.4. The fraction of sp³-hybridized carbons (Fsp3) is 0.370. The van der Waals surface area contributed by atoms with E-state index in [0.717, 1.165) is 18.4 Å². The Labute approximate surface area is 232 Å². The number of carbonyl (C=O) groups excluding carboxylic acids is 1. The number of fused-ring (bicyclic) bond motifs is 1. The second kappa shape index (κ2) is 10.9. The second-order valence-electron chi connectivity index (χ2n) is 10.2. The number of halogens is 4. The quantitative estimate of drug-likeness (QED) is 0.267. The van der Waals surface area contributed by atoms with Gasteiger partial charge in [-0.2, -0.15) is 13.2 Å². The van der Waals surface area contributed by atoms with Gasteiger partial charge in [0, 0.05) is 50.5 Å². The van der Waals surface area contributed by atoms with E-state index in [4.69, 9.17) is 0 Å². The molecule has 3 aromatic heterocycles. The Morgan fingerprint density at radius 3 is 2.61 bits per heavy atom. The first kappa shape index (κ1) is 26.9. The molecule has 0 radical (unpaired) electrons. The average Bonchev–Trinajstić information content (AvgIpc) is 3.66. The highest BCUT2D eigenvalue weighted by molar-refractivity contribution is 5.83. The van der Waals surface area contributed by atoms with E-state index in [1.807, 2.05) is 12.1 Å². The molecule has 1 saturated heterocycles. The summed E-state index contributed by atoms with van der Waals surface area (Å²) < 4.78 is 52.7. The maximum absolute atomic E-state index is 15.1. The number of nitrogens with zero attached hydrogens (tertiary/aromatic N) is 6. The average molecular weight is 570 g/mol. The van der Waals surface area contributed by atoms with Crippen LogP contribution in [0.15, 0.2) is 42.9 Å². The lowest BCUT2D eigenvalue weighted by molar-refractivity contribution is -0.162. The van der Waals surface area contributed by atoms with Crippen molar-refractivity contribution in [2.45, 2.75) is 38.0 Å².